The van der Waals surface area contributed by atoms with Crippen LogP contribution >= 0.6 is 0 Å². The summed E-state index contributed by atoms with van der Waals surface area (Å²) in [5.41, 5.74) is 0. The van der Waals surface area contributed by atoms with Crippen LogP contribution in [0.2, 0.25) is 0 Å². The summed E-state index contributed by atoms with van der Waals surface area (Å²) < 4.78 is 4.58. The average molecular weight is 379 g/mol. The highest BCUT2D eigenvalue weighted by Crippen LogP contribution is 2.22. The molecule has 3 heteroatoms. The molecule has 27 heavy (non-hydrogen) atoms. The summed E-state index contributed by atoms with van der Waals surface area (Å²) in [4.78, 5) is 22.4. The van der Waals surface area contributed by atoms with E-state index < -0.39 is 0 Å². The zero-order valence-corrected chi connectivity index (χ0v) is 17.7. The second-order valence-corrected chi connectivity index (χ2v) is 8.13. The summed E-state index contributed by atoms with van der Waals surface area (Å²) in [6, 6.07) is 0. The first-order valence-corrected chi connectivity index (χ1v) is 11.6. The molecule has 0 bridgehead atoms. The molecule has 0 aromatic heterocycles. The van der Waals surface area contributed by atoms with Gasteiger partial charge in [-0.25, -0.2) is 0 Å². The third-order valence-electron chi connectivity index (χ3n) is 5.53. The molecule has 1 aliphatic rings. The van der Waals surface area contributed by atoms with Gasteiger partial charge in [-0.05, 0) is 32.1 Å². The minimum Gasteiger partial charge on any atom is -0.393 e. The van der Waals surface area contributed by atoms with Crippen molar-refractivity contribution in [3.8, 4) is 0 Å². The van der Waals surface area contributed by atoms with E-state index in [1.54, 1.807) is 0 Å². The Balaban J connectivity index is 1.75. The average Bonchev–Trinajstić information content (AvgIpc) is 2.98. The second-order valence-electron chi connectivity index (χ2n) is 8.13. The van der Waals surface area contributed by atoms with Crippen LogP contribution in [0.5, 0.6) is 0 Å². The van der Waals surface area contributed by atoms with Gasteiger partial charge in [-0.15, -0.1) is 0 Å². The lowest BCUT2D eigenvalue weighted by Crippen LogP contribution is -2.06. The van der Waals surface area contributed by atoms with Gasteiger partial charge >= 0.3 is 11.9 Å². The molecule has 0 aliphatic carbocycles. The Kier molecular flexibility index (Phi) is 15.1. The number of carbonyl (C=O) groups is 2. The second kappa shape index (κ2) is 17.0. The highest BCUT2D eigenvalue weighted by atomic mass is 16.6. The number of hydrogen-bond acceptors (Lipinski definition) is 3. The summed E-state index contributed by atoms with van der Waals surface area (Å²) in [6.07, 6.45) is 26.8. The van der Waals surface area contributed by atoms with Crippen molar-refractivity contribution in [3.63, 3.8) is 0 Å². The number of esters is 2. The molecule has 0 radical (unpaired) electrons. The van der Waals surface area contributed by atoms with Crippen LogP contribution in [-0.4, -0.2) is 11.9 Å². The SMILES string of the molecule is CCCCCCCCC/C=C/CCCCCCCCCC1CC(=O)OC1=O. The number of unbranched alkanes of at least 4 members (excludes halogenated alkanes) is 14. The van der Waals surface area contributed by atoms with Crippen LogP contribution in [0.4, 0.5) is 0 Å². The topological polar surface area (TPSA) is 43.4 Å². The van der Waals surface area contributed by atoms with E-state index >= 15 is 0 Å². The lowest BCUT2D eigenvalue weighted by Gasteiger charge is -2.04. The molecule has 1 rings (SSSR count). The van der Waals surface area contributed by atoms with Crippen molar-refractivity contribution in [1.29, 1.82) is 0 Å². The Hall–Kier alpha value is -1.12. The van der Waals surface area contributed by atoms with E-state index in [-0.39, 0.29) is 17.9 Å². The van der Waals surface area contributed by atoms with Gasteiger partial charge in [0.05, 0.1) is 12.3 Å². The summed E-state index contributed by atoms with van der Waals surface area (Å²) in [6.45, 7) is 2.27. The molecular weight excluding hydrogens is 336 g/mol. The molecule has 0 aromatic rings. The molecule has 1 unspecified atom stereocenters. The molecule has 0 amide bonds. The van der Waals surface area contributed by atoms with Gasteiger partial charge in [-0.1, -0.05) is 96.1 Å². The monoisotopic (exact) mass is 378 g/mol. The van der Waals surface area contributed by atoms with Crippen LogP contribution in [0.3, 0.4) is 0 Å². The van der Waals surface area contributed by atoms with Crippen LogP contribution < -0.4 is 0 Å². The highest BCUT2D eigenvalue weighted by molar-refractivity contribution is 5.94. The molecule has 156 valence electrons. The van der Waals surface area contributed by atoms with E-state index in [0.29, 0.717) is 6.42 Å². The fraction of sp³-hybridized carbons (Fsp3) is 0.833. The van der Waals surface area contributed by atoms with Gasteiger partial charge in [-0.2, -0.15) is 0 Å². The van der Waals surface area contributed by atoms with Crippen molar-refractivity contribution in [1.82, 2.24) is 0 Å². The molecule has 0 spiro atoms. The Morgan fingerprint density at radius 3 is 1.70 bits per heavy atom. The minimum absolute atomic E-state index is 0.162. The van der Waals surface area contributed by atoms with Crippen LogP contribution in [0.1, 0.15) is 122 Å². The third-order valence-corrected chi connectivity index (χ3v) is 5.53. The number of carbonyl (C=O) groups excluding carboxylic acids is 2. The maximum Gasteiger partial charge on any atom is 0.317 e. The zero-order valence-electron chi connectivity index (χ0n) is 17.7. The predicted octanol–water partition coefficient (Wildman–Crippen LogP) is 7.28. The number of cyclic esters (lactones) is 2. The van der Waals surface area contributed by atoms with Crippen LogP contribution in [0, 0.1) is 5.92 Å². The molecule has 1 heterocycles. The number of allylic oxidation sites excluding steroid dienone is 2. The fourth-order valence-corrected chi connectivity index (χ4v) is 3.73. The van der Waals surface area contributed by atoms with E-state index in [2.05, 4.69) is 23.8 Å². The van der Waals surface area contributed by atoms with Crippen LogP contribution in [0.15, 0.2) is 12.2 Å². The number of ether oxygens (including phenoxy) is 1. The first-order valence-electron chi connectivity index (χ1n) is 11.6. The smallest absolute Gasteiger partial charge is 0.317 e. The first-order chi connectivity index (χ1) is 13.2. The summed E-state index contributed by atoms with van der Waals surface area (Å²) in [5.74, 6) is -0.813. The Bertz CT molecular complexity index is 414. The van der Waals surface area contributed by atoms with Gasteiger partial charge in [0.15, 0.2) is 0 Å². The maximum atomic E-state index is 11.3. The molecule has 0 N–H and O–H groups in total. The Labute approximate surface area is 167 Å². The maximum absolute atomic E-state index is 11.3. The standard InChI is InChI=1S/C24H42O3/c1-2-3-4-5-6-7-8-9-10-11-12-13-14-15-16-17-18-19-20-22-21-23(25)27-24(22)26/h10-11,22H,2-9,12-21H2,1H3/b11-10+. The number of hydrogen-bond donors (Lipinski definition) is 0. The minimum atomic E-state index is -0.346. The summed E-state index contributed by atoms with van der Waals surface area (Å²) in [7, 11) is 0. The van der Waals surface area contributed by atoms with Gasteiger partial charge in [0.1, 0.15) is 0 Å². The van der Waals surface area contributed by atoms with Gasteiger partial charge < -0.3 is 4.74 Å². The van der Waals surface area contributed by atoms with Crippen molar-refractivity contribution >= 4 is 11.9 Å². The highest BCUT2D eigenvalue weighted by Gasteiger charge is 2.32. The largest absolute Gasteiger partial charge is 0.393 e. The lowest BCUT2D eigenvalue weighted by molar-refractivity contribution is -0.153. The number of rotatable bonds is 18. The van der Waals surface area contributed by atoms with Crippen LogP contribution in [-0.2, 0) is 14.3 Å². The fourth-order valence-electron chi connectivity index (χ4n) is 3.73. The molecule has 3 nitrogen and oxygen atoms in total. The van der Waals surface area contributed by atoms with Crippen molar-refractivity contribution in [2.75, 3.05) is 0 Å². The molecule has 1 fully saturated rings. The van der Waals surface area contributed by atoms with Crippen molar-refractivity contribution < 1.29 is 14.3 Å². The quantitative estimate of drug-likeness (QED) is 0.109. The lowest BCUT2D eigenvalue weighted by atomic mass is 9.99. The van der Waals surface area contributed by atoms with Crippen LogP contribution in [0.25, 0.3) is 0 Å². The normalized spacial score (nSPS) is 17.1. The molecular formula is C24H42O3. The van der Waals surface area contributed by atoms with E-state index in [4.69, 9.17) is 0 Å². The summed E-state index contributed by atoms with van der Waals surface area (Å²) in [5, 5.41) is 0. The summed E-state index contributed by atoms with van der Waals surface area (Å²) >= 11 is 0. The van der Waals surface area contributed by atoms with Gasteiger partial charge in [0.2, 0.25) is 0 Å². The van der Waals surface area contributed by atoms with Gasteiger partial charge in [-0.3, -0.25) is 9.59 Å². The van der Waals surface area contributed by atoms with E-state index in [9.17, 15) is 9.59 Å². The van der Waals surface area contributed by atoms with E-state index in [1.807, 2.05) is 0 Å². The van der Waals surface area contributed by atoms with Gasteiger partial charge in [0.25, 0.3) is 0 Å². The van der Waals surface area contributed by atoms with E-state index in [0.717, 1.165) is 19.3 Å². The predicted molar refractivity (Wildman–Crippen MR) is 113 cm³/mol. The zero-order chi connectivity index (χ0) is 19.6. The van der Waals surface area contributed by atoms with Crippen molar-refractivity contribution in [2.45, 2.75) is 122 Å². The molecule has 1 saturated heterocycles. The Morgan fingerprint density at radius 1 is 0.741 bits per heavy atom. The third kappa shape index (κ3) is 13.7. The van der Waals surface area contributed by atoms with Gasteiger partial charge in [0, 0.05) is 0 Å². The molecule has 1 aliphatic heterocycles. The van der Waals surface area contributed by atoms with Crippen molar-refractivity contribution in [3.05, 3.63) is 12.2 Å². The molecule has 0 saturated carbocycles. The molecule has 0 aromatic carbocycles. The first kappa shape index (κ1) is 23.9. The van der Waals surface area contributed by atoms with E-state index in [1.165, 1.54) is 89.9 Å². The van der Waals surface area contributed by atoms with Crippen molar-refractivity contribution in [2.24, 2.45) is 5.92 Å². The molecule has 1 atom stereocenters. The Morgan fingerprint density at radius 2 is 1.22 bits per heavy atom.